The summed E-state index contributed by atoms with van der Waals surface area (Å²) in [6.45, 7) is 2.64. The van der Waals surface area contributed by atoms with E-state index < -0.39 is 0 Å². The van der Waals surface area contributed by atoms with E-state index in [4.69, 9.17) is 0 Å². The van der Waals surface area contributed by atoms with Crippen LogP contribution in [0.5, 0.6) is 0 Å². The molecule has 4 heteroatoms. The Balaban J connectivity index is 0.00000161. The lowest BCUT2D eigenvalue weighted by atomic mass is 9.67. The van der Waals surface area contributed by atoms with Gasteiger partial charge in [-0.2, -0.15) is 0 Å². The number of fused-ring (bicyclic) bond motifs is 1. The zero-order valence-electron chi connectivity index (χ0n) is 12.4. The molecule has 116 valence electrons. The Kier molecular flexibility index (Phi) is 5.65. The summed E-state index contributed by atoms with van der Waals surface area (Å²) in [4.78, 5) is 12.6. The Morgan fingerprint density at radius 2 is 2.10 bits per heavy atom. The van der Waals surface area contributed by atoms with Crippen LogP contribution in [0.15, 0.2) is 30.3 Å². The molecule has 0 radical (unpaired) electrons. The molecule has 0 bridgehead atoms. The van der Waals surface area contributed by atoms with Gasteiger partial charge in [-0.25, -0.2) is 0 Å². The first kappa shape index (κ1) is 16.3. The average Bonchev–Trinajstić information content (AvgIpc) is 2.93. The van der Waals surface area contributed by atoms with E-state index in [2.05, 4.69) is 22.8 Å². The SMILES string of the molecule is Cl.O=C(NCCc1ccccc1)[C@@]12CCCC[C@H]1CNC2. The van der Waals surface area contributed by atoms with Crippen molar-refractivity contribution in [2.24, 2.45) is 11.3 Å². The van der Waals surface area contributed by atoms with Gasteiger partial charge >= 0.3 is 0 Å². The highest BCUT2D eigenvalue weighted by molar-refractivity contribution is 5.85. The van der Waals surface area contributed by atoms with E-state index in [0.717, 1.165) is 32.5 Å². The summed E-state index contributed by atoms with van der Waals surface area (Å²) in [5, 5.41) is 6.62. The van der Waals surface area contributed by atoms with Crippen molar-refractivity contribution in [1.82, 2.24) is 10.6 Å². The third-order valence-corrected chi connectivity index (χ3v) is 5.03. The van der Waals surface area contributed by atoms with Gasteiger partial charge in [0.25, 0.3) is 0 Å². The molecule has 2 aliphatic rings. The second-order valence-electron chi connectivity index (χ2n) is 6.22. The summed E-state index contributed by atoms with van der Waals surface area (Å²) in [7, 11) is 0. The maximum absolute atomic E-state index is 12.6. The average molecular weight is 309 g/mol. The van der Waals surface area contributed by atoms with Gasteiger partial charge in [-0.1, -0.05) is 43.2 Å². The van der Waals surface area contributed by atoms with Crippen molar-refractivity contribution in [2.45, 2.75) is 32.1 Å². The number of carbonyl (C=O) groups is 1. The Morgan fingerprint density at radius 3 is 2.90 bits per heavy atom. The molecule has 1 aliphatic heterocycles. The lowest BCUT2D eigenvalue weighted by Gasteiger charge is -2.37. The van der Waals surface area contributed by atoms with Crippen LogP contribution in [0.1, 0.15) is 31.2 Å². The topological polar surface area (TPSA) is 41.1 Å². The van der Waals surface area contributed by atoms with Gasteiger partial charge in [0, 0.05) is 13.1 Å². The van der Waals surface area contributed by atoms with E-state index in [9.17, 15) is 4.79 Å². The van der Waals surface area contributed by atoms with E-state index in [0.29, 0.717) is 5.92 Å². The number of halogens is 1. The summed E-state index contributed by atoms with van der Waals surface area (Å²) in [5.41, 5.74) is 1.17. The molecule has 0 unspecified atom stereocenters. The fraction of sp³-hybridized carbons (Fsp3) is 0.588. The number of benzene rings is 1. The van der Waals surface area contributed by atoms with Crippen LogP contribution in [0.2, 0.25) is 0 Å². The van der Waals surface area contributed by atoms with Crippen LogP contribution in [0.25, 0.3) is 0 Å². The van der Waals surface area contributed by atoms with Crippen LogP contribution in [0.4, 0.5) is 0 Å². The molecular weight excluding hydrogens is 284 g/mol. The lowest BCUT2D eigenvalue weighted by molar-refractivity contribution is -0.133. The Bertz CT molecular complexity index is 465. The number of nitrogens with one attached hydrogen (secondary N) is 2. The van der Waals surface area contributed by atoms with Gasteiger partial charge in [0.05, 0.1) is 5.41 Å². The van der Waals surface area contributed by atoms with Gasteiger partial charge in [-0.05, 0) is 37.3 Å². The highest BCUT2D eigenvalue weighted by Crippen LogP contribution is 2.43. The number of hydrogen-bond acceptors (Lipinski definition) is 2. The summed E-state index contributed by atoms with van der Waals surface area (Å²) >= 11 is 0. The number of carbonyl (C=O) groups excluding carboxylic acids is 1. The quantitative estimate of drug-likeness (QED) is 0.897. The summed E-state index contributed by atoms with van der Waals surface area (Å²) < 4.78 is 0. The monoisotopic (exact) mass is 308 g/mol. The van der Waals surface area contributed by atoms with E-state index in [-0.39, 0.29) is 23.7 Å². The van der Waals surface area contributed by atoms with Crippen LogP contribution < -0.4 is 10.6 Å². The zero-order valence-corrected chi connectivity index (χ0v) is 13.3. The smallest absolute Gasteiger partial charge is 0.227 e. The van der Waals surface area contributed by atoms with Crippen molar-refractivity contribution < 1.29 is 4.79 Å². The molecule has 1 saturated heterocycles. The summed E-state index contributed by atoms with van der Waals surface area (Å²) in [6, 6.07) is 10.4. The molecule has 1 aliphatic carbocycles. The molecule has 2 atom stereocenters. The van der Waals surface area contributed by atoms with Crippen LogP contribution in [0.3, 0.4) is 0 Å². The van der Waals surface area contributed by atoms with E-state index in [1.54, 1.807) is 0 Å². The molecule has 1 amide bonds. The normalized spacial score (nSPS) is 27.5. The second kappa shape index (κ2) is 7.28. The molecule has 2 fully saturated rings. The largest absolute Gasteiger partial charge is 0.355 e. The van der Waals surface area contributed by atoms with E-state index >= 15 is 0 Å². The summed E-state index contributed by atoms with van der Waals surface area (Å²) in [6.07, 6.45) is 5.66. The predicted octanol–water partition coefficient (Wildman–Crippen LogP) is 2.55. The summed E-state index contributed by atoms with van der Waals surface area (Å²) in [5.74, 6) is 0.830. The Morgan fingerprint density at radius 1 is 1.29 bits per heavy atom. The van der Waals surface area contributed by atoms with Crippen molar-refractivity contribution in [2.75, 3.05) is 19.6 Å². The fourth-order valence-electron chi connectivity index (χ4n) is 3.83. The third-order valence-electron chi connectivity index (χ3n) is 5.03. The van der Waals surface area contributed by atoms with Crippen molar-refractivity contribution in [3.63, 3.8) is 0 Å². The predicted molar refractivity (Wildman–Crippen MR) is 87.7 cm³/mol. The molecule has 0 spiro atoms. The van der Waals surface area contributed by atoms with Crippen molar-refractivity contribution in [1.29, 1.82) is 0 Å². The first-order valence-corrected chi connectivity index (χ1v) is 7.84. The van der Waals surface area contributed by atoms with Gasteiger partial charge in [0.1, 0.15) is 0 Å². The van der Waals surface area contributed by atoms with Gasteiger partial charge in [-0.15, -0.1) is 12.4 Å². The molecule has 2 N–H and O–H groups in total. The third kappa shape index (κ3) is 3.41. The zero-order chi connectivity index (χ0) is 13.8. The molecule has 1 saturated carbocycles. The van der Waals surface area contributed by atoms with E-state index in [1.807, 2.05) is 18.2 Å². The maximum Gasteiger partial charge on any atom is 0.227 e. The molecular formula is C17H25ClN2O. The standard InChI is InChI=1S/C17H24N2O.ClH/c20-16(19-11-9-14-6-2-1-3-7-14)17-10-5-4-8-15(17)12-18-13-17;/h1-3,6-7,15,18H,4-5,8-13H2,(H,19,20);1H/t15-,17+;/m0./s1. The van der Waals surface area contributed by atoms with Crippen LogP contribution in [-0.4, -0.2) is 25.5 Å². The van der Waals surface area contributed by atoms with E-state index in [1.165, 1.54) is 24.8 Å². The number of amides is 1. The van der Waals surface area contributed by atoms with Gasteiger partial charge in [0.15, 0.2) is 0 Å². The molecule has 1 aromatic rings. The van der Waals surface area contributed by atoms with Crippen LogP contribution in [-0.2, 0) is 11.2 Å². The molecule has 1 aromatic carbocycles. The first-order chi connectivity index (χ1) is 9.81. The minimum atomic E-state index is -0.116. The Labute approximate surface area is 133 Å². The molecule has 3 rings (SSSR count). The highest BCUT2D eigenvalue weighted by Gasteiger charge is 2.49. The maximum atomic E-state index is 12.6. The molecule has 0 aromatic heterocycles. The molecule has 21 heavy (non-hydrogen) atoms. The number of hydrogen-bond donors (Lipinski definition) is 2. The van der Waals surface area contributed by atoms with Gasteiger partial charge < -0.3 is 10.6 Å². The van der Waals surface area contributed by atoms with Crippen LogP contribution >= 0.6 is 12.4 Å². The fourth-order valence-corrected chi connectivity index (χ4v) is 3.83. The lowest BCUT2D eigenvalue weighted by Crippen LogP contribution is -2.48. The number of rotatable bonds is 4. The first-order valence-electron chi connectivity index (χ1n) is 7.84. The van der Waals surface area contributed by atoms with Crippen molar-refractivity contribution >= 4 is 18.3 Å². The van der Waals surface area contributed by atoms with Gasteiger partial charge in [0.2, 0.25) is 5.91 Å². The second-order valence-corrected chi connectivity index (χ2v) is 6.22. The Hall–Kier alpha value is -1.06. The van der Waals surface area contributed by atoms with Crippen LogP contribution in [0, 0.1) is 11.3 Å². The highest BCUT2D eigenvalue weighted by atomic mass is 35.5. The minimum Gasteiger partial charge on any atom is -0.355 e. The van der Waals surface area contributed by atoms with Crippen molar-refractivity contribution in [3.8, 4) is 0 Å². The van der Waals surface area contributed by atoms with Crippen molar-refractivity contribution in [3.05, 3.63) is 35.9 Å². The van der Waals surface area contributed by atoms with Gasteiger partial charge in [-0.3, -0.25) is 4.79 Å². The molecule has 1 heterocycles. The molecule has 3 nitrogen and oxygen atoms in total. The minimum absolute atomic E-state index is 0.